The van der Waals surface area contributed by atoms with Crippen molar-refractivity contribution < 1.29 is 4.74 Å². The first-order chi connectivity index (χ1) is 10.7. The Labute approximate surface area is 138 Å². The van der Waals surface area contributed by atoms with Crippen LogP contribution in [0.2, 0.25) is 0 Å². The lowest BCUT2D eigenvalue weighted by molar-refractivity contribution is 0.213. The first kappa shape index (κ1) is 20.9. The molecule has 0 aliphatic carbocycles. The van der Waals surface area contributed by atoms with Gasteiger partial charge in [-0.05, 0) is 52.5 Å². The molecule has 0 aliphatic heterocycles. The van der Waals surface area contributed by atoms with Crippen molar-refractivity contribution in [3.8, 4) is 5.75 Å². The molecule has 22 heavy (non-hydrogen) atoms. The maximum Gasteiger partial charge on any atom is 0.123 e. The number of hydrogen-bond donors (Lipinski definition) is 1. The van der Waals surface area contributed by atoms with Gasteiger partial charge in [0.15, 0.2) is 0 Å². The van der Waals surface area contributed by atoms with Crippen molar-refractivity contribution in [3.05, 3.63) is 29.8 Å². The van der Waals surface area contributed by atoms with Crippen molar-refractivity contribution in [1.29, 1.82) is 0 Å². The average molecular weight is 309 g/mol. The van der Waals surface area contributed by atoms with Crippen LogP contribution in [0.1, 0.15) is 58.6 Å². The topological polar surface area (TPSA) is 24.5 Å². The summed E-state index contributed by atoms with van der Waals surface area (Å²) in [6.45, 7) is 12.0. The molecule has 0 aliphatic rings. The van der Waals surface area contributed by atoms with Crippen molar-refractivity contribution >= 4 is 0 Å². The minimum absolute atomic E-state index is 0.399. The summed E-state index contributed by atoms with van der Waals surface area (Å²) in [6.07, 6.45) is 3.71. The Balaban J connectivity index is 0.00000135. The summed E-state index contributed by atoms with van der Waals surface area (Å²) in [5.41, 5.74) is 1.28. The fraction of sp³-hybridized carbons (Fsp3) is 0.684. The highest BCUT2D eigenvalue weighted by atomic mass is 16.5. The zero-order chi connectivity index (χ0) is 16.8. The van der Waals surface area contributed by atoms with Crippen LogP contribution in [0.4, 0.5) is 0 Å². The molecule has 0 saturated carbocycles. The summed E-state index contributed by atoms with van der Waals surface area (Å²) in [7, 11) is 3.75. The lowest BCUT2D eigenvalue weighted by Crippen LogP contribution is -2.28. The molecule has 1 aromatic rings. The third-order valence-electron chi connectivity index (χ3n) is 3.67. The van der Waals surface area contributed by atoms with E-state index in [-0.39, 0.29) is 0 Å². The smallest absolute Gasteiger partial charge is 0.123 e. The Morgan fingerprint density at radius 1 is 1.14 bits per heavy atom. The van der Waals surface area contributed by atoms with Crippen LogP contribution in [-0.4, -0.2) is 38.7 Å². The summed E-state index contributed by atoms with van der Waals surface area (Å²) in [6, 6.07) is 8.72. The molecule has 0 fully saturated rings. The SMILES string of the molecule is CCC.CCN(CCCCNC)[C@@H](C)c1ccccc1OC. The number of rotatable bonds is 9. The van der Waals surface area contributed by atoms with Gasteiger partial charge in [0.05, 0.1) is 7.11 Å². The molecule has 0 spiro atoms. The second-order valence-electron chi connectivity index (χ2n) is 5.56. The molecular weight excluding hydrogens is 272 g/mol. The van der Waals surface area contributed by atoms with Gasteiger partial charge in [-0.2, -0.15) is 0 Å². The number of nitrogens with zero attached hydrogens (tertiary/aromatic N) is 1. The van der Waals surface area contributed by atoms with Gasteiger partial charge in [0.1, 0.15) is 5.75 Å². The summed E-state index contributed by atoms with van der Waals surface area (Å²) >= 11 is 0. The summed E-state index contributed by atoms with van der Waals surface area (Å²) in [4.78, 5) is 2.51. The lowest BCUT2D eigenvalue weighted by atomic mass is 10.1. The Morgan fingerprint density at radius 2 is 1.77 bits per heavy atom. The number of unbranched alkanes of at least 4 members (excludes halogenated alkanes) is 1. The molecule has 1 aromatic carbocycles. The van der Waals surface area contributed by atoms with Crippen LogP contribution in [0.25, 0.3) is 0 Å². The molecule has 0 heterocycles. The van der Waals surface area contributed by atoms with Crippen LogP contribution in [0.15, 0.2) is 24.3 Å². The van der Waals surface area contributed by atoms with Crippen molar-refractivity contribution in [3.63, 3.8) is 0 Å². The largest absolute Gasteiger partial charge is 0.496 e. The van der Waals surface area contributed by atoms with E-state index in [1.54, 1.807) is 7.11 Å². The molecule has 3 nitrogen and oxygen atoms in total. The number of nitrogens with one attached hydrogen (secondary N) is 1. The van der Waals surface area contributed by atoms with E-state index in [2.05, 4.69) is 50.0 Å². The van der Waals surface area contributed by atoms with Gasteiger partial charge in [-0.3, -0.25) is 4.90 Å². The van der Waals surface area contributed by atoms with Crippen LogP contribution in [0.3, 0.4) is 0 Å². The first-order valence-electron chi connectivity index (χ1n) is 8.67. The monoisotopic (exact) mass is 308 g/mol. The van der Waals surface area contributed by atoms with Crippen LogP contribution < -0.4 is 10.1 Å². The standard InChI is InChI=1S/C16H28N2O.C3H8/c1-5-18(13-9-8-12-17-3)14(2)15-10-6-7-11-16(15)19-4;1-3-2/h6-7,10-11,14,17H,5,8-9,12-13H2,1-4H3;3H2,1-2H3/t14-;/m0./s1. The zero-order valence-electron chi connectivity index (χ0n) is 15.5. The highest BCUT2D eigenvalue weighted by molar-refractivity contribution is 5.35. The highest BCUT2D eigenvalue weighted by Crippen LogP contribution is 2.28. The molecule has 0 saturated heterocycles. The molecule has 0 amide bonds. The van der Waals surface area contributed by atoms with Gasteiger partial charge in [-0.15, -0.1) is 0 Å². The maximum atomic E-state index is 5.47. The molecule has 1 N–H and O–H groups in total. The van der Waals surface area contributed by atoms with Crippen molar-refractivity contribution in [2.24, 2.45) is 0 Å². The molecule has 1 atom stereocenters. The Morgan fingerprint density at radius 3 is 2.32 bits per heavy atom. The van der Waals surface area contributed by atoms with Gasteiger partial charge in [0, 0.05) is 11.6 Å². The number of para-hydroxylation sites is 1. The predicted octanol–water partition coefficient (Wildman–Crippen LogP) is 4.49. The van der Waals surface area contributed by atoms with E-state index in [1.807, 2.05) is 19.2 Å². The first-order valence-corrected chi connectivity index (χ1v) is 8.67. The van der Waals surface area contributed by atoms with E-state index >= 15 is 0 Å². The van der Waals surface area contributed by atoms with Crippen LogP contribution in [-0.2, 0) is 0 Å². The third-order valence-corrected chi connectivity index (χ3v) is 3.67. The second kappa shape index (κ2) is 13.6. The molecule has 128 valence electrons. The normalized spacial score (nSPS) is 11.8. The molecule has 3 heteroatoms. The minimum Gasteiger partial charge on any atom is -0.496 e. The quantitative estimate of drug-likeness (QED) is 0.680. The van der Waals surface area contributed by atoms with E-state index in [1.165, 1.54) is 24.8 Å². The number of hydrogen-bond acceptors (Lipinski definition) is 3. The maximum absolute atomic E-state index is 5.47. The van der Waals surface area contributed by atoms with Crippen molar-refractivity contribution in [2.75, 3.05) is 33.8 Å². The van der Waals surface area contributed by atoms with E-state index in [0.29, 0.717) is 6.04 Å². The van der Waals surface area contributed by atoms with Gasteiger partial charge in [0.2, 0.25) is 0 Å². The molecule has 0 radical (unpaired) electrons. The molecule has 0 bridgehead atoms. The van der Waals surface area contributed by atoms with E-state index in [0.717, 1.165) is 25.4 Å². The lowest BCUT2D eigenvalue weighted by Gasteiger charge is -2.29. The summed E-state index contributed by atoms with van der Waals surface area (Å²) in [5.74, 6) is 0.990. The Kier molecular flexibility index (Phi) is 12.9. The van der Waals surface area contributed by atoms with Crippen molar-refractivity contribution in [1.82, 2.24) is 10.2 Å². The van der Waals surface area contributed by atoms with E-state index in [9.17, 15) is 0 Å². The number of methoxy groups -OCH3 is 1. The fourth-order valence-electron chi connectivity index (χ4n) is 2.45. The van der Waals surface area contributed by atoms with Crippen LogP contribution in [0, 0.1) is 0 Å². The molecule has 0 unspecified atom stereocenters. The second-order valence-corrected chi connectivity index (χ2v) is 5.56. The van der Waals surface area contributed by atoms with E-state index in [4.69, 9.17) is 4.74 Å². The highest BCUT2D eigenvalue weighted by Gasteiger charge is 2.16. The minimum atomic E-state index is 0.399. The molecular formula is C19H36N2O. The van der Waals surface area contributed by atoms with Gasteiger partial charge >= 0.3 is 0 Å². The zero-order valence-corrected chi connectivity index (χ0v) is 15.5. The van der Waals surface area contributed by atoms with Crippen LogP contribution >= 0.6 is 0 Å². The number of benzene rings is 1. The average Bonchev–Trinajstić information content (AvgIpc) is 2.55. The summed E-state index contributed by atoms with van der Waals surface area (Å²) < 4.78 is 5.47. The Hall–Kier alpha value is -1.06. The van der Waals surface area contributed by atoms with Gasteiger partial charge < -0.3 is 10.1 Å². The molecule has 1 rings (SSSR count). The fourth-order valence-corrected chi connectivity index (χ4v) is 2.45. The predicted molar refractivity (Wildman–Crippen MR) is 97.8 cm³/mol. The summed E-state index contributed by atoms with van der Waals surface area (Å²) in [5, 5.41) is 3.20. The number of ether oxygens (including phenoxy) is 1. The van der Waals surface area contributed by atoms with Gasteiger partial charge in [-0.1, -0.05) is 45.4 Å². The van der Waals surface area contributed by atoms with Gasteiger partial charge in [-0.25, -0.2) is 0 Å². The van der Waals surface area contributed by atoms with Gasteiger partial charge in [0.25, 0.3) is 0 Å². The molecule has 0 aromatic heterocycles. The Bertz CT molecular complexity index is 368. The third kappa shape index (κ3) is 7.81. The van der Waals surface area contributed by atoms with Crippen LogP contribution in [0.5, 0.6) is 5.75 Å². The van der Waals surface area contributed by atoms with Crippen molar-refractivity contribution in [2.45, 2.75) is 53.0 Å². The van der Waals surface area contributed by atoms with E-state index < -0.39 is 0 Å².